The molecule has 0 saturated carbocycles. The zero-order valence-electron chi connectivity index (χ0n) is 18.1. The molecule has 0 unspecified atom stereocenters. The molecule has 1 amide bonds. The molecule has 3 atom stereocenters. The van der Waals surface area contributed by atoms with E-state index in [4.69, 9.17) is 9.47 Å². The standard InChI is InChI=1S/C23H33N3O4/c1-23(14-30-15-23)22(28)25-9-16-8-18(12-25)20-6-5-17(21(27)26(20)10-16)11-24-7-3-4-19(24)13-29-2/h5-6,16,18-19H,3-4,7-15H2,1-2H3/t16-,18+,19-/m0/s1. The number of carbonyl (C=O) groups excluding carboxylic acids is 1. The minimum Gasteiger partial charge on any atom is -0.383 e. The fourth-order valence-corrected chi connectivity index (χ4v) is 5.89. The number of amides is 1. The monoisotopic (exact) mass is 415 g/mol. The molecular formula is C23H33N3O4. The molecule has 3 saturated heterocycles. The average molecular weight is 416 g/mol. The summed E-state index contributed by atoms with van der Waals surface area (Å²) in [5.74, 6) is 0.820. The topological polar surface area (TPSA) is 64.0 Å². The number of ether oxygens (including phenoxy) is 2. The van der Waals surface area contributed by atoms with Gasteiger partial charge in [-0.15, -0.1) is 0 Å². The zero-order chi connectivity index (χ0) is 20.9. The van der Waals surface area contributed by atoms with Crippen LogP contribution in [0, 0.1) is 11.3 Å². The number of aromatic nitrogens is 1. The Labute approximate surface area is 177 Å². The number of carbonyl (C=O) groups is 1. The van der Waals surface area contributed by atoms with E-state index >= 15 is 0 Å². The van der Waals surface area contributed by atoms with Crippen molar-refractivity contribution < 1.29 is 14.3 Å². The summed E-state index contributed by atoms with van der Waals surface area (Å²) in [6.45, 7) is 7.69. The molecule has 0 aromatic carbocycles. The number of likely N-dealkylation sites (tertiary alicyclic amines) is 2. The average Bonchev–Trinajstić information content (AvgIpc) is 3.15. The number of pyridine rings is 1. The van der Waals surface area contributed by atoms with Crippen molar-refractivity contribution in [2.45, 2.75) is 51.2 Å². The molecule has 5 heterocycles. The van der Waals surface area contributed by atoms with Gasteiger partial charge in [0.05, 0.1) is 25.2 Å². The van der Waals surface area contributed by atoms with Crippen molar-refractivity contribution in [3.05, 3.63) is 33.7 Å². The Morgan fingerprint density at radius 2 is 2.10 bits per heavy atom. The minimum absolute atomic E-state index is 0.157. The maximum absolute atomic E-state index is 13.3. The lowest BCUT2D eigenvalue weighted by Crippen LogP contribution is -2.57. The van der Waals surface area contributed by atoms with Gasteiger partial charge in [0.25, 0.3) is 5.56 Å². The molecule has 7 heteroatoms. The van der Waals surface area contributed by atoms with Crippen LogP contribution in [0.5, 0.6) is 0 Å². The summed E-state index contributed by atoms with van der Waals surface area (Å²) in [5.41, 5.74) is 1.78. The van der Waals surface area contributed by atoms with Crippen LogP contribution in [0.3, 0.4) is 0 Å². The molecule has 0 N–H and O–H groups in total. The van der Waals surface area contributed by atoms with Crippen molar-refractivity contribution in [3.8, 4) is 0 Å². The van der Waals surface area contributed by atoms with Gasteiger partial charge in [0.1, 0.15) is 0 Å². The SMILES string of the molecule is COC[C@@H]1CCCN1Cc1ccc2n(c1=O)C[C@H]1C[C@@H]2CN(C(=O)C2(C)COC2)C1. The Balaban J connectivity index is 1.35. The summed E-state index contributed by atoms with van der Waals surface area (Å²) in [4.78, 5) is 30.8. The number of nitrogens with zero attached hydrogens (tertiary/aromatic N) is 3. The molecule has 2 bridgehead atoms. The van der Waals surface area contributed by atoms with Crippen LogP contribution in [0.25, 0.3) is 0 Å². The Morgan fingerprint density at radius 3 is 2.83 bits per heavy atom. The second kappa shape index (κ2) is 7.77. The molecule has 4 aliphatic rings. The third-order valence-electron chi connectivity index (χ3n) is 7.56. The summed E-state index contributed by atoms with van der Waals surface area (Å²) in [6, 6.07) is 4.57. The third-order valence-corrected chi connectivity index (χ3v) is 7.56. The molecule has 0 radical (unpaired) electrons. The maximum Gasteiger partial charge on any atom is 0.255 e. The highest BCUT2D eigenvalue weighted by molar-refractivity contribution is 5.83. The lowest BCUT2D eigenvalue weighted by Gasteiger charge is -2.47. The molecule has 1 aromatic heterocycles. The first kappa shape index (κ1) is 20.2. The number of piperidine rings is 1. The van der Waals surface area contributed by atoms with Gasteiger partial charge in [-0.3, -0.25) is 14.5 Å². The van der Waals surface area contributed by atoms with Crippen molar-refractivity contribution >= 4 is 5.91 Å². The van der Waals surface area contributed by atoms with Gasteiger partial charge in [-0.1, -0.05) is 6.07 Å². The summed E-state index contributed by atoms with van der Waals surface area (Å²) in [5, 5.41) is 0. The number of methoxy groups -OCH3 is 1. The minimum atomic E-state index is -0.358. The number of rotatable bonds is 5. The van der Waals surface area contributed by atoms with Crippen LogP contribution < -0.4 is 5.56 Å². The van der Waals surface area contributed by atoms with Gasteiger partial charge in [0.2, 0.25) is 5.91 Å². The van der Waals surface area contributed by atoms with Crippen molar-refractivity contribution in [1.29, 1.82) is 0 Å². The molecule has 4 aliphatic heterocycles. The van der Waals surface area contributed by atoms with Crippen molar-refractivity contribution in [1.82, 2.24) is 14.4 Å². The molecular weight excluding hydrogens is 382 g/mol. The highest BCUT2D eigenvalue weighted by Crippen LogP contribution is 2.38. The van der Waals surface area contributed by atoms with Gasteiger partial charge in [-0.2, -0.15) is 0 Å². The summed E-state index contributed by atoms with van der Waals surface area (Å²) in [7, 11) is 1.75. The largest absolute Gasteiger partial charge is 0.383 e. The predicted molar refractivity (Wildman–Crippen MR) is 112 cm³/mol. The van der Waals surface area contributed by atoms with Gasteiger partial charge < -0.3 is 18.9 Å². The van der Waals surface area contributed by atoms with Crippen molar-refractivity contribution in [2.24, 2.45) is 11.3 Å². The molecule has 30 heavy (non-hydrogen) atoms. The Bertz CT molecular complexity index is 878. The van der Waals surface area contributed by atoms with Gasteiger partial charge >= 0.3 is 0 Å². The third kappa shape index (κ3) is 3.41. The van der Waals surface area contributed by atoms with Gasteiger partial charge in [-0.25, -0.2) is 0 Å². The van der Waals surface area contributed by atoms with E-state index in [9.17, 15) is 9.59 Å². The summed E-state index contributed by atoms with van der Waals surface area (Å²) < 4.78 is 12.7. The zero-order valence-corrected chi connectivity index (χ0v) is 18.1. The lowest BCUT2D eigenvalue weighted by atomic mass is 9.80. The Hall–Kier alpha value is -1.70. The molecule has 7 nitrogen and oxygen atoms in total. The van der Waals surface area contributed by atoms with Crippen LogP contribution in [0.2, 0.25) is 0 Å². The first-order chi connectivity index (χ1) is 14.5. The van der Waals surface area contributed by atoms with E-state index in [1.165, 1.54) is 0 Å². The number of hydrogen-bond acceptors (Lipinski definition) is 5. The van der Waals surface area contributed by atoms with Gasteiger partial charge in [0, 0.05) is 56.5 Å². The van der Waals surface area contributed by atoms with Crippen LogP contribution in [0.15, 0.2) is 16.9 Å². The van der Waals surface area contributed by atoms with E-state index < -0.39 is 0 Å². The first-order valence-corrected chi connectivity index (χ1v) is 11.3. The quantitative estimate of drug-likeness (QED) is 0.728. The lowest BCUT2D eigenvalue weighted by molar-refractivity contribution is -0.171. The van der Waals surface area contributed by atoms with Crippen LogP contribution in [-0.4, -0.2) is 72.9 Å². The number of hydrogen-bond donors (Lipinski definition) is 0. The highest BCUT2D eigenvalue weighted by Gasteiger charge is 2.46. The van der Waals surface area contributed by atoms with E-state index in [2.05, 4.69) is 11.0 Å². The van der Waals surface area contributed by atoms with E-state index in [0.29, 0.717) is 38.3 Å². The van der Waals surface area contributed by atoms with Crippen LogP contribution in [0.4, 0.5) is 0 Å². The second-order valence-corrected chi connectivity index (χ2v) is 9.98. The highest BCUT2D eigenvalue weighted by atomic mass is 16.5. The Kier molecular flexibility index (Phi) is 5.24. The van der Waals surface area contributed by atoms with Crippen LogP contribution >= 0.6 is 0 Å². The van der Waals surface area contributed by atoms with E-state index in [1.807, 2.05) is 22.5 Å². The van der Waals surface area contributed by atoms with Gasteiger partial charge in [-0.05, 0) is 44.7 Å². The molecule has 3 fully saturated rings. The first-order valence-electron chi connectivity index (χ1n) is 11.3. The predicted octanol–water partition coefficient (Wildman–Crippen LogP) is 1.44. The summed E-state index contributed by atoms with van der Waals surface area (Å²) in [6.07, 6.45) is 3.37. The second-order valence-electron chi connectivity index (χ2n) is 9.98. The molecule has 164 valence electrons. The maximum atomic E-state index is 13.3. The normalized spacial score (nSPS) is 30.1. The van der Waals surface area contributed by atoms with E-state index in [0.717, 1.165) is 56.8 Å². The molecule has 1 aromatic rings. The molecule has 0 aliphatic carbocycles. The van der Waals surface area contributed by atoms with Crippen LogP contribution in [-0.2, 0) is 27.4 Å². The van der Waals surface area contributed by atoms with Crippen molar-refractivity contribution in [3.63, 3.8) is 0 Å². The molecule has 0 spiro atoms. The Morgan fingerprint density at radius 1 is 1.27 bits per heavy atom. The fourth-order valence-electron chi connectivity index (χ4n) is 5.89. The van der Waals surface area contributed by atoms with Gasteiger partial charge in [0.15, 0.2) is 0 Å². The summed E-state index contributed by atoms with van der Waals surface area (Å²) >= 11 is 0. The smallest absolute Gasteiger partial charge is 0.255 e. The fraction of sp³-hybridized carbons (Fsp3) is 0.739. The molecule has 5 rings (SSSR count). The van der Waals surface area contributed by atoms with E-state index in [-0.39, 0.29) is 22.8 Å². The van der Waals surface area contributed by atoms with Crippen molar-refractivity contribution in [2.75, 3.05) is 46.6 Å². The number of fused-ring (bicyclic) bond motifs is 4. The van der Waals surface area contributed by atoms with E-state index in [1.54, 1.807) is 7.11 Å². The van der Waals surface area contributed by atoms with Crippen LogP contribution in [0.1, 0.15) is 43.4 Å².